The lowest BCUT2D eigenvalue weighted by atomic mass is 10.2. The fraction of sp³-hybridized carbons (Fsp3) is 0.385. The number of benzene rings is 1. The van der Waals surface area contributed by atoms with Gasteiger partial charge in [-0.05, 0) is 18.6 Å². The van der Waals surface area contributed by atoms with Crippen molar-refractivity contribution in [2.75, 3.05) is 25.5 Å². The molecular formula is C13H17N3O2. The van der Waals surface area contributed by atoms with Crippen molar-refractivity contribution >= 4 is 11.6 Å². The number of rotatable bonds is 6. The second-order valence-corrected chi connectivity index (χ2v) is 3.73. The molecule has 1 aromatic carbocycles. The number of methoxy groups -OCH3 is 1. The van der Waals surface area contributed by atoms with Gasteiger partial charge in [0.25, 0.3) is 0 Å². The molecule has 18 heavy (non-hydrogen) atoms. The third-order valence-electron chi connectivity index (χ3n) is 2.34. The number of carbonyl (C=O) groups is 1. The summed E-state index contributed by atoms with van der Waals surface area (Å²) in [4.78, 5) is 11.4. The number of hydrogen-bond donors (Lipinski definition) is 2. The van der Waals surface area contributed by atoms with Crippen molar-refractivity contribution in [3.8, 4) is 11.8 Å². The van der Waals surface area contributed by atoms with E-state index in [0.717, 1.165) is 6.42 Å². The van der Waals surface area contributed by atoms with Crippen molar-refractivity contribution in [1.82, 2.24) is 5.32 Å². The largest absolute Gasteiger partial charge is 0.495 e. The van der Waals surface area contributed by atoms with Crippen molar-refractivity contribution in [3.05, 3.63) is 23.8 Å². The fourth-order valence-corrected chi connectivity index (χ4v) is 1.41. The molecule has 5 heteroatoms. The van der Waals surface area contributed by atoms with Gasteiger partial charge < -0.3 is 15.4 Å². The van der Waals surface area contributed by atoms with Crippen molar-refractivity contribution in [2.45, 2.75) is 13.3 Å². The van der Waals surface area contributed by atoms with Crippen molar-refractivity contribution in [2.24, 2.45) is 0 Å². The van der Waals surface area contributed by atoms with E-state index in [1.54, 1.807) is 18.2 Å². The zero-order valence-corrected chi connectivity index (χ0v) is 10.6. The Morgan fingerprint density at radius 2 is 2.28 bits per heavy atom. The third kappa shape index (κ3) is 3.98. The first-order valence-corrected chi connectivity index (χ1v) is 5.80. The van der Waals surface area contributed by atoms with Gasteiger partial charge in [-0.2, -0.15) is 5.26 Å². The molecule has 0 aliphatic carbocycles. The molecule has 0 bridgehead atoms. The lowest BCUT2D eigenvalue weighted by Crippen LogP contribution is -2.30. The number of amides is 1. The predicted octanol–water partition coefficient (Wildman–Crippen LogP) is 1.50. The van der Waals surface area contributed by atoms with E-state index in [9.17, 15) is 4.79 Å². The molecule has 0 atom stereocenters. The van der Waals surface area contributed by atoms with Crippen LogP contribution < -0.4 is 15.4 Å². The van der Waals surface area contributed by atoms with E-state index in [2.05, 4.69) is 10.6 Å². The zero-order valence-electron chi connectivity index (χ0n) is 10.6. The summed E-state index contributed by atoms with van der Waals surface area (Å²) < 4.78 is 5.16. The first-order valence-electron chi connectivity index (χ1n) is 5.80. The van der Waals surface area contributed by atoms with Crippen LogP contribution in [0.2, 0.25) is 0 Å². The summed E-state index contributed by atoms with van der Waals surface area (Å²) in [6.07, 6.45) is 0.909. The van der Waals surface area contributed by atoms with Crippen molar-refractivity contribution < 1.29 is 9.53 Å². The molecule has 0 aliphatic rings. The van der Waals surface area contributed by atoms with Gasteiger partial charge in [-0.25, -0.2) is 0 Å². The standard InChI is InChI=1S/C13H17N3O2/c1-3-6-15-13(17)9-16-11-5-4-10(8-14)7-12(11)18-2/h4-5,7,16H,3,6,9H2,1-2H3,(H,15,17). The average Bonchev–Trinajstić information content (AvgIpc) is 2.42. The molecule has 5 nitrogen and oxygen atoms in total. The van der Waals surface area contributed by atoms with Gasteiger partial charge in [0, 0.05) is 12.6 Å². The van der Waals surface area contributed by atoms with E-state index in [4.69, 9.17) is 10.00 Å². The van der Waals surface area contributed by atoms with Gasteiger partial charge in [0.2, 0.25) is 5.91 Å². The van der Waals surface area contributed by atoms with E-state index < -0.39 is 0 Å². The molecule has 1 aromatic rings. The second-order valence-electron chi connectivity index (χ2n) is 3.73. The van der Waals surface area contributed by atoms with Crippen LogP contribution in [0.15, 0.2) is 18.2 Å². The zero-order chi connectivity index (χ0) is 13.4. The van der Waals surface area contributed by atoms with Crippen LogP contribution >= 0.6 is 0 Å². The molecule has 0 spiro atoms. The topological polar surface area (TPSA) is 74.2 Å². The van der Waals surface area contributed by atoms with E-state index in [0.29, 0.717) is 23.5 Å². The summed E-state index contributed by atoms with van der Waals surface area (Å²) in [5.41, 5.74) is 1.22. The minimum atomic E-state index is -0.0664. The summed E-state index contributed by atoms with van der Waals surface area (Å²) >= 11 is 0. The molecule has 0 saturated carbocycles. The molecule has 0 unspecified atom stereocenters. The van der Waals surface area contributed by atoms with Gasteiger partial charge in [0.1, 0.15) is 5.75 Å². The van der Waals surface area contributed by atoms with Crippen LogP contribution in [0.3, 0.4) is 0 Å². The molecule has 2 N–H and O–H groups in total. The van der Waals surface area contributed by atoms with E-state index in [-0.39, 0.29) is 12.5 Å². The highest BCUT2D eigenvalue weighted by molar-refractivity contribution is 5.81. The molecule has 0 radical (unpaired) electrons. The van der Waals surface area contributed by atoms with Crippen LogP contribution in [0, 0.1) is 11.3 Å². The molecule has 0 heterocycles. The second kappa shape index (κ2) is 7.17. The first-order chi connectivity index (χ1) is 8.71. The number of anilines is 1. The Morgan fingerprint density at radius 1 is 1.50 bits per heavy atom. The van der Waals surface area contributed by atoms with Gasteiger partial charge in [-0.15, -0.1) is 0 Å². The lowest BCUT2D eigenvalue weighted by molar-refractivity contribution is -0.119. The highest BCUT2D eigenvalue weighted by Gasteiger charge is 2.06. The minimum absolute atomic E-state index is 0.0664. The molecule has 1 rings (SSSR count). The van der Waals surface area contributed by atoms with Crippen molar-refractivity contribution in [3.63, 3.8) is 0 Å². The summed E-state index contributed by atoms with van der Waals surface area (Å²) in [5.74, 6) is 0.487. The SMILES string of the molecule is CCCNC(=O)CNc1ccc(C#N)cc1OC. The summed E-state index contributed by atoms with van der Waals surface area (Å²) in [6, 6.07) is 7.07. The number of nitrogens with zero attached hydrogens (tertiary/aromatic N) is 1. The molecule has 0 fully saturated rings. The fourth-order valence-electron chi connectivity index (χ4n) is 1.41. The average molecular weight is 247 g/mol. The van der Waals surface area contributed by atoms with Gasteiger partial charge in [0.15, 0.2) is 0 Å². The summed E-state index contributed by atoms with van der Waals surface area (Å²) in [6.45, 7) is 2.85. The van der Waals surface area contributed by atoms with Crippen LogP contribution in [0.25, 0.3) is 0 Å². The smallest absolute Gasteiger partial charge is 0.239 e. The van der Waals surface area contributed by atoms with Crippen LogP contribution in [-0.4, -0.2) is 26.1 Å². The number of ether oxygens (including phenoxy) is 1. The Bertz CT molecular complexity index is 452. The Kier molecular flexibility index (Phi) is 5.52. The van der Waals surface area contributed by atoms with Crippen LogP contribution in [0.1, 0.15) is 18.9 Å². The quantitative estimate of drug-likeness (QED) is 0.799. The maximum atomic E-state index is 11.4. The normalized spacial score (nSPS) is 9.39. The molecule has 0 aliphatic heterocycles. The molecule has 96 valence electrons. The van der Waals surface area contributed by atoms with Gasteiger partial charge in [0.05, 0.1) is 31.0 Å². The Balaban J connectivity index is 2.62. The van der Waals surface area contributed by atoms with Gasteiger partial charge in [-0.3, -0.25) is 4.79 Å². The van der Waals surface area contributed by atoms with Crippen LogP contribution in [-0.2, 0) is 4.79 Å². The summed E-state index contributed by atoms with van der Waals surface area (Å²) in [7, 11) is 1.53. The first kappa shape index (κ1) is 13.8. The Labute approximate surface area is 107 Å². The number of hydrogen-bond acceptors (Lipinski definition) is 4. The van der Waals surface area contributed by atoms with Gasteiger partial charge >= 0.3 is 0 Å². The van der Waals surface area contributed by atoms with E-state index in [1.165, 1.54) is 7.11 Å². The van der Waals surface area contributed by atoms with E-state index in [1.807, 2.05) is 13.0 Å². The molecular weight excluding hydrogens is 230 g/mol. The highest BCUT2D eigenvalue weighted by atomic mass is 16.5. The monoisotopic (exact) mass is 247 g/mol. The molecule has 0 aromatic heterocycles. The summed E-state index contributed by atoms with van der Waals surface area (Å²) in [5, 5.41) is 14.5. The maximum absolute atomic E-state index is 11.4. The maximum Gasteiger partial charge on any atom is 0.239 e. The molecule has 1 amide bonds. The highest BCUT2D eigenvalue weighted by Crippen LogP contribution is 2.24. The Hall–Kier alpha value is -2.22. The lowest BCUT2D eigenvalue weighted by Gasteiger charge is -2.11. The Morgan fingerprint density at radius 3 is 2.89 bits per heavy atom. The predicted molar refractivity (Wildman–Crippen MR) is 69.5 cm³/mol. The third-order valence-corrected chi connectivity index (χ3v) is 2.34. The number of nitrogens with one attached hydrogen (secondary N) is 2. The number of nitriles is 1. The number of carbonyl (C=O) groups excluding carboxylic acids is 1. The molecule has 0 saturated heterocycles. The van der Waals surface area contributed by atoms with Gasteiger partial charge in [-0.1, -0.05) is 6.92 Å². The van der Waals surface area contributed by atoms with Crippen molar-refractivity contribution in [1.29, 1.82) is 5.26 Å². The van der Waals surface area contributed by atoms with Crippen LogP contribution in [0.5, 0.6) is 5.75 Å². The minimum Gasteiger partial charge on any atom is -0.495 e. The van der Waals surface area contributed by atoms with E-state index >= 15 is 0 Å². The van der Waals surface area contributed by atoms with Crippen LogP contribution in [0.4, 0.5) is 5.69 Å².